The van der Waals surface area contributed by atoms with Gasteiger partial charge in [-0.1, -0.05) is 12.2 Å². The van der Waals surface area contributed by atoms with Crippen molar-refractivity contribution in [2.24, 2.45) is 7.05 Å². The van der Waals surface area contributed by atoms with Crippen LogP contribution < -0.4 is 5.32 Å². The summed E-state index contributed by atoms with van der Waals surface area (Å²) in [6.45, 7) is 5.65. The first kappa shape index (κ1) is 10.5. The highest BCUT2D eigenvalue weighted by Gasteiger charge is 2.06. The topological polar surface area (TPSA) is 20.2 Å². The predicted octanol–water partition coefficient (Wildman–Crippen LogP) is 0.943. The zero-order valence-electron chi connectivity index (χ0n) is 9.32. The van der Waals surface area contributed by atoms with Crippen LogP contribution in [0.3, 0.4) is 0 Å². The van der Waals surface area contributed by atoms with E-state index in [1.54, 1.807) is 0 Å². The lowest BCUT2D eigenvalue weighted by Gasteiger charge is -2.25. The number of nitrogens with zero attached hydrogens (tertiary/aromatic N) is 2. The molecule has 3 heteroatoms. The summed E-state index contributed by atoms with van der Waals surface area (Å²) in [5.74, 6) is 0. The second kappa shape index (κ2) is 5.14. The Kier molecular flexibility index (Phi) is 3.59. The van der Waals surface area contributed by atoms with E-state index in [4.69, 9.17) is 0 Å². The summed E-state index contributed by atoms with van der Waals surface area (Å²) in [7, 11) is 2.05. The van der Waals surface area contributed by atoms with Crippen molar-refractivity contribution in [3.05, 3.63) is 30.1 Å². The zero-order valence-corrected chi connectivity index (χ0v) is 9.32. The van der Waals surface area contributed by atoms with E-state index in [1.807, 2.05) is 7.05 Å². The Bertz CT molecular complexity index is 321. The molecule has 0 atom stereocenters. The summed E-state index contributed by atoms with van der Waals surface area (Å²) >= 11 is 0. The number of hydrogen-bond donors (Lipinski definition) is 1. The third kappa shape index (κ3) is 3.22. The van der Waals surface area contributed by atoms with Crippen LogP contribution in [0.5, 0.6) is 0 Å². The van der Waals surface area contributed by atoms with Gasteiger partial charge in [0.05, 0.1) is 0 Å². The van der Waals surface area contributed by atoms with E-state index < -0.39 is 0 Å². The summed E-state index contributed by atoms with van der Waals surface area (Å²) in [6, 6.07) is 2.13. The molecule has 1 aromatic rings. The SMILES string of the molecule is Cn1ccc(/C=C/CN2CCNCC2)c1. The van der Waals surface area contributed by atoms with Crippen LogP contribution in [0.1, 0.15) is 5.56 Å². The minimum absolute atomic E-state index is 1.07. The van der Waals surface area contributed by atoms with Gasteiger partial charge in [0.15, 0.2) is 0 Å². The van der Waals surface area contributed by atoms with E-state index in [1.165, 1.54) is 18.7 Å². The molecule has 15 heavy (non-hydrogen) atoms. The Hall–Kier alpha value is -1.06. The van der Waals surface area contributed by atoms with E-state index in [0.29, 0.717) is 0 Å². The lowest BCUT2D eigenvalue weighted by atomic mass is 10.3. The second-order valence-corrected chi connectivity index (χ2v) is 4.06. The molecule has 0 amide bonds. The smallest absolute Gasteiger partial charge is 0.0167 e. The van der Waals surface area contributed by atoms with Gasteiger partial charge in [0.2, 0.25) is 0 Å². The minimum Gasteiger partial charge on any atom is -0.357 e. The van der Waals surface area contributed by atoms with Gasteiger partial charge in [-0.3, -0.25) is 4.90 Å². The molecular weight excluding hydrogens is 186 g/mol. The molecule has 0 bridgehead atoms. The third-order valence-electron chi connectivity index (χ3n) is 2.74. The molecule has 2 rings (SSSR count). The van der Waals surface area contributed by atoms with Gasteiger partial charge in [0.25, 0.3) is 0 Å². The molecule has 1 aliphatic rings. The molecule has 1 aromatic heterocycles. The highest BCUT2D eigenvalue weighted by Crippen LogP contribution is 2.02. The molecule has 1 fully saturated rings. The molecule has 2 heterocycles. The van der Waals surface area contributed by atoms with E-state index >= 15 is 0 Å². The molecule has 0 radical (unpaired) electrons. The fourth-order valence-corrected chi connectivity index (χ4v) is 1.86. The lowest BCUT2D eigenvalue weighted by Crippen LogP contribution is -2.43. The standard InChI is InChI=1S/C12H19N3/c1-14-8-4-12(11-14)3-2-7-15-9-5-13-6-10-15/h2-4,8,11,13H,5-7,9-10H2,1H3/b3-2+. The van der Waals surface area contributed by atoms with E-state index in [2.05, 4.69) is 45.4 Å². The van der Waals surface area contributed by atoms with Crippen LogP contribution in [-0.4, -0.2) is 42.2 Å². The number of hydrogen-bond acceptors (Lipinski definition) is 2. The number of rotatable bonds is 3. The monoisotopic (exact) mass is 205 g/mol. The van der Waals surface area contributed by atoms with Crippen molar-refractivity contribution in [3.63, 3.8) is 0 Å². The first-order chi connectivity index (χ1) is 7.34. The van der Waals surface area contributed by atoms with E-state index in [9.17, 15) is 0 Å². The fourth-order valence-electron chi connectivity index (χ4n) is 1.86. The molecule has 0 aliphatic carbocycles. The van der Waals surface area contributed by atoms with Crippen molar-refractivity contribution in [3.8, 4) is 0 Å². The fraction of sp³-hybridized carbons (Fsp3) is 0.500. The van der Waals surface area contributed by atoms with Crippen LogP contribution in [0.25, 0.3) is 6.08 Å². The Morgan fingerprint density at radius 1 is 1.40 bits per heavy atom. The highest BCUT2D eigenvalue weighted by molar-refractivity contribution is 5.48. The molecule has 0 saturated carbocycles. The van der Waals surface area contributed by atoms with Gasteiger partial charge in [-0.25, -0.2) is 0 Å². The third-order valence-corrected chi connectivity index (χ3v) is 2.74. The summed E-state index contributed by atoms with van der Waals surface area (Å²) in [5.41, 5.74) is 1.28. The van der Waals surface area contributed by atoms with Gasteiger partial charge in [-0.05, 0) is 11.6 Å². The second-order valence-electron chi connectivity index (χ2n) is 4.06. The van der Waals surface area contributed by atoms with Crippen molar-refractivity contribution >= 4 is 6.08 Å². The molecule has 82 valence electrons. The first-order valence-electron chi connectivity index (χ1n) is 5.56. The Morgan fingerprint density at radius 3 is 2.87 bits per heavy atom. The largest absolute Gasteiger partial charge is 0.357 e. The van der Waals surface area contributed by atoms with E-state index in [0.717, 1.165) is 19.6 Å². The number of aromatic nitrogens is 1. The quantitative estimate of drug-likeness (QED) is 0.792. The van der Waals surface area contributed by atoms with Crippen molar-refractivity contribution in [2.45, 2.75) is 0 Å². The zero-order chi connectivity index (χ0) is 10.5. The van der Waals surface area contributed by atoms with Gasteiger partial charge < -0.3 is 9.88 Å². The van der Waals surface area contributed by atoms with Crippen LogP contribution in [0.15, 0.2) is 24.5 Å². The molecular formula is C12H19N3. The van der Waals surface area contributed by atoms with Gasteiger partial charge in [-0.2, -0.15) is 0 Å². The highest BCUT2D eigenvalue weighted by atomic mass is 15.2. The van der Waals surface area contributed by atoms with E-state index in [-0.39, 0.29) is 0 Å². The summed E-state index contributed by atoms with van der Waals surface area (Å²) in [4.78, 5) is 2.47. The number of aryl methyl sites for hydroxylation is 1. The first-order valence-corrected chi connectivity index (χ1v) is 5.56. The van der Waals surface area contributed by atoms with Crippen LogP contribution in [0.2, 0.25) is 0 Å². The molecule has 1 aliphatic heterocycles. The minimum atomic E-state index is 1.07. The van der Waals surface area contributed by atoms with Gasteiger partial charge in [-0.15, -0.1) is 0 Å². The van der Waals surface area contributed by atoms with Crippen molar-refractivity contribution in [1.82, 2.24) is 14.8 Å². The van der Waals surface area contributed by atoms with Gasteiger partial charge >= 0.3 is 0 Å². The number of piperazine rings is 1. The van der Waals surface area contributed by atoms with Crippen LogP contribution in [0.4, 0.5) is 0 Å². The molecule has 1 N–H and O–H groups in total. The van der Waals surface area contributed by atoms with Gasteiger partial charge in [0.1, 0.15) is 0 Å². The Labute approximate surface area is 91.4 Å². The average molecular weight is 205 g/mol. The van der Waals surface area contributed by atoms with Crippen molar-refractivity contribution < 1.29 is 0 Å². The Balaban J connectivity index is 1.79. The van der Waals surface area contributed by atoms with Crippen molar-refractivity contribution in [2.75, 3.05) is 32.7 Å². The maximum atomic E-state index is 3.36. The number of nitrogens with one attached hydrogen (secondary N) is 1. The normalized spacial score (nSPS) is 18.7. The molecule has 0 unspecified atom stereocenters. The average Bonchev–Trinajstić information content (AvgIpc) is 2.66. The molecule has 0 aromatic carbocycles. The van der Waals surface area contributed by atoms with Crippen LogP contribution in [-0.2, 0) is 7.05 Å². The molecule has 1 saturated heterocycles. The maximum Gasteiger partial charge on any atom is 0.0167 e. The summed E-state index contributed by atoms with van der Waals surface area (Å²) < 4.78 is 2.07. The predicted molar refractivity (Wildman–Crippen MR) is 63.8 cm³/mol. The van der Waals surface area contributed by atoms with Crippen LogP contribution >= 0.6 is 0 Å². The molecule has 0 spiro atoms. The van der Waals surface area contributed by atoms with Crippen LogP contribution in [0, 0.1) is 0 Å². The Morgan fingerprint density at radius 2 is 2.20 bits per heavy atom. The summed E-state index contributed by atoms with van der Waals surface area (Å²) in [5, 5.41) is 3.36. The molecule has 3 nitrogen and oxygen atoms in total. The maximum absolute atomic E-state index is 3.36. The lowest BCUT2D eigenvalue weighted by molar-refractivity contribution is 0.265. The van der Waals surface area contributed by atoms with Crippen molar-refractivity contribution in [1.29, 1.82) is 0 Å². The summed E-state index contributed by atoms with van der Waals surface area (Å²) in [6.07, 6.45) is 8.65. The van der Waals surface area contributed by atoms with Gasteiger partial charge in [0, 0.05) is 52.2 Å².